The molecular formula is C26H31N3O3. The van der Waals surface area contributed by atoms with Crippen LogP contribution in [0.2, 0.25) is 0 Å². The van der Waals surface area contributed by atoms with Gasteiger partial charge in [0.25, 0.3) is 5.91 Å². The minimum atomic E-state index is -0.341. The van der Waals surface area contributed by atoms with Gasteiger partial charge in [-0.1, -0.05) is 51.1 Å². The van der Waals surface area contributed by atoms with Crippen LogP contribution >= 0.6 is 0 Å². The van der Waals surface area contributed by atoms with E-state index in [1.807, 2.05) is 26.0 Å². The molecule has 6 nitrogen and oxygen atoms in total. The maximum Gasteiger partial charge on any atom is 0.273 e. The molecule has 1 aromatic heterocycles. The first-order valence-electron chi connectivity index (χ1n) is 11.0. The average Bonchev–Trinajstić information content (AvgIpc) is 3.27. The monoisotopic (exact) mass is 433 g/mol. The maximum absolute atomic E-state index is 13.3. The molecule has 0 saturated carbocycles. The Morgan fingerprint density at radius 1 is 1.12 bits per heavy atom. The van der Waals surface area contributed by atoms with Gasteiger partial charge in [-0.15, -0.1) is 0 Å². The van der Waals surface area contributed by atoms with E-state index in [9.17, 15) is 15.0 Å². The fourth-order valence-corrected chi connectivity index (χ4v) is 4.53. The van der Waals surface area contributed by atoms with Crippen LogP contribution < -0.4 is 0 Å². The molecule has 0 fully saturated rings. The molecule has 1 aliphatic rings. The number of hydrogen-bond donors (Lipinski definition) is 3. The molecule has 3 aromatic rings. The van der Waals surface area contributed by atoms with Gasteiger partial charge in [-0.3, -0.25) is 9.89 Å². The summed E-state index contributed by atoms with van der Waals surface area (Å²) in [5.74, 6) is 0.0361. The van der Waals surface area contributed by atoms with Crippen LogP contribution in [0.4, 0.5) is 0 Å². The third-order valence-corrected chi connectivity index (χ3v) is 6.21. The molecule has 1 atom stereocenters. The van der Waals surface area contributed by atoms with Crippen molar-refractivity contribution in [2.75, 3.05) is 13.2 Å². The van der Waals surface area contributed by atoms with Gasteiger partial charge in [-0.2, -0.15) is 5.10 Å². The molecule has 2 aromatic carbocycles. The number of phenolic OH excluding ortho intramolecular Hbond substituents is 1. The minimum Gasteiger partial charge on any atom is -0.507 e. The van der Waals surface area contributed by atoms with Crippen LogP contribution in [0, 0.1) is 13.8 Å². The van der Waals surface area contributed by atoms with Crippen LogP contribution in [-0.4, -0.2) is 44.4 Å². The molecule has 32 heavy (non-hydrogen) atoms. The van der Waals surface area contributed by atoms with Gasteiger partial charge < -0.3 is 15.1 Å². The number of aromatic nitrogens is 2. The number of rotatable bonds is 5. The zero-order valence-corrected chi connectivity index (χ0v) is 19.4. The lowest BCUT2D eigenvalue weighted by Crippen LogP contribution is -2.31. The molecule has 1 aliphatic heterocycles. The summed E-state index contributed by atoms with van der Waals surface area (Å²) in [4.78, 5) is 15.1. The number of nitrogens with zero attached hydrogens (tertiary/aromatic N) is 2. The second kappa shape index (κ2) is 8.10. The number of nitrogens with one attached hydrogen (secondary N) is 1. The van der Waals surface area contributed by atoms with Crippen molar-refractivity contribution < 1.29 is 15.0 Å². The average molecular weight is 434 g/mol. The number of aliphatic hydroxyl groups is 1. The van der Waals surface area contributed by atoms with Crippen LogP contribution in [0.5, 0.6) is 5.75 Å². The molecule has 0 spiro atoms. The topological polar surface area (TPSA) is 89.5 Å². The molecule has 0 aliphatic carbocycles. The summed E-state index contributed by atoms with van der Waals surface area (Å²) >= 11 is 0. The van der Waals surface area contributed by atoms with E-state index in [2.05, 4.69) is 55.2 Å². The summed E-state index contributed by atoms with van der Waals surface area (Å²) in [5.41, 5.74) is 6.43. The molecular weight excluding hydrogens is 402 g/mol. The van der Waals surface area contributed by atoms with Crippen molar-refractivity contribution >= 4 is 5.91 Å². The summed E-state index contributed by atoms with van der Waals surface area (Å²) in [6, 6.07) is 11.8. The first-order chi connectivity index (χ1) is 15.1. The van der Waals surface area contributed by atoms with E-state index in [4.69, 9.17) is 0 Å². The molecule has 6 heteroatoms. The van der Waals surface area contributed by atoms with E-state index < -0.39 is 0 Å². The number of aliphatic hydroxyl groups excluding tert-OH is 1. The van der Waals surface area contributed by atoms with E-state index in [0.29, 0.717) is 29.9 Å². The van der Waals surface area contributed by atoms with Crippen molar-refractivity contribution in [1.82, 2.24) is 15.1 Å². The highest BCUT2D eigenvalue weighted by Gasteiger charge is 2.42. The van der Waals surface area contributed by atoms with E-state index in [-0.39, 0.29) is 29.7 Å². The molecule has 0 radical (unpaired) electrons. The number of aryl methyl sites for hydroxylation is 2. The predicted molar refractivity (Wildman–Crippen MR) is 125 cm³/mol. The van der Waals surface area contributed by atoms with E-state index in [1.54, 1.807) is 4.90 Å². The Balaban J connectivity index is 1.88. The highest BCUT2D eigenvalue weighted by atomic mass is 16.3. The van der Waals surface area contributed by atoms with Crippen LogP contribution in [0.15, 0.2) is 36.4 Å². The van der Waals surface area contributed by atoms with Crippen LogP contribution in [-0.2, 0) is 5.41 Å². The number of aromatic amines is 1. The van der Waals surface area contributed by atoms with Gasteiger partial charge in [0, 0.05) is 24.3 Å². The number of phenols is 1. The lowest BCUT2D eigenvalue weighted by molar-refractivity contribution is 0.0732. The number of amides is 1. The minimum absolute atomic E-state index is 0.0103. The summed E-state index contributed by atoms with van der Waals surface area (Å²) in [5, 5.41) is 27.6. The first-order valence-corrected chi connectivity index (χ1v) is 11.0. The van der Waals surface area contributed by atoms with Crippen LogP contribution in [0.1, 0.15) is 71.5 Å². The van der Waals surface area contributed by atoms with E-state index >= 15 is 0 Å². The number of carbonyl (C=O) groups excluding carboxylic acids is 1. The quantitative estimate of drug-likeness (QED) is 0.548. The van der Waals surface area contributed by atoms with Crippen molar-refractivity contribution in [3.63, 3.8) is 0 Å². The molecule has 0 saturated heterocycles. The lowest BCUT2D eigenvalue weighted by Gasteiger charge is -2.27. The highest BCUT2D eigenvalue weighted by molar-refractivity contribution is 6.00. The Kier molecular flexibility index (Phi) is 5.59. The van der Waals surface area contributed by atoms with Crippen LogP contribution in [0.25, 0.3) is 11.3 Å². The number of aromatic hydroxyl groups is 1. The molecule has 1 amide bonds. The largest absolute Gasteiger partial charge is 0.507 e. The van der Waals surface area contributed by atoms with Gasteiger partial charge in [0.05, 0.1) is 6.04 Å². The Morgan fingerprint density at radius 3 is 2.44 bits per heavy atom. The number of fused-ring (bicyclic) bond motifs is 1. The standard InChI is InChI=1S/C26H31N3O3/c1-15-13-16(2)24(31)19(14-15)21-20-22(28-27-21)25(32)29(11-6-12-30)23(20)17-7-9-18(10-8-17)26(3,4)5/h7-10,13-14,23,30-31H,6,11-12H2,1-5H3,(H,27,28). The van der Waals surface area contributed by atoms with Crippen molar-refractivity contribution in [2.24, 2.45) is 0 Å². The lowest BCUT2D eigenvalue weighted by atomic mass is 9.85. The normalized spacial score (nSPS) is 16.0. The summed E-state index contributed by atoms with van der Waals surface area (Å²) in [6.45, 7) is 10.8. The molecule has 3 N–H and O–H groups in total. The zero-order valence-electron chi connectivity index (χ0n) is 19.4. The smallest absolute Gasteiger partial charge is 0.273 e. The molecule has 0 bridgehead atoms. The molecule has 2 heterocycles. The van der Waals surface area contributed by atoms with Gasteiger partial charge in [0.1, 0.15) is 17.1 Å². The number of H-pyrrole nitrogens is 1. The molecule has 4 rings (SSSR count). The summed E-state index contributed by atoms with van der Waals surface area (Å²) in [7, 11) is 0. The third kappa shape index (κ3) is 3.69. The van der Waals surface area contributed by atoms with Gasteiger partial charge in [0.15, 0.2) is 0 Å². The van der Waals surface area contributed by atoms with Gasteiger partial charge in [-0.25, -0.2) is 0 Å². The van der Waals surface area contributed by atoms with Crippen molar-refractivity contribution in [3.05, 3.63) is 69.9 Å². The SMILES string of the molecule is Cc1cc(C)c(O)c(-c2n[nH]c3c2C(c2ccc(C(C)(C)C)cc2)N(CCCO)C3=O)c1. The Hall–Kier alpha value is -3.12. The Bertz CT molecular complexity index is 1160. The maximum atomic E-state index is 13.3. The summed E-state index contributed by atoms with van der Waals surface area (Å²) in [6.07, 6.45) is 0.490. The van der Waals surface area contributed by atoms with E-state index in [0.717, 1.165) is 22.3 Å². The fraction of sp³-hybridized carbons (Fsp3) is 0.385. The van der Waals surface area contributed by atoms with Gasteiger partial charge in [0.2, 0.25) is 0 Å². The van der Waals surface area contributed by atoms with Gasteiger partial charge >= 0.3 is 0 Å². The third-order valence-electron chi connectivity index (χ3n) is 6.21. The number of carbonyl (C=O) groups is 1. The number of hydrogen-bond acceptors (Lipinski definition) is 4. The second-order valence-corrected chi connectivity index (χ2v) is 9.69. The van der Waals surface area contributed by atoms with Crippen molar-refractivity contribution in [1.29, 1.82) is 0 Å². The predicted octanol–water partition coefficient (Wildman–Crippen LogP) is 4.62. The zero-order chi connectivity index (χ0) is 23.2. The van der Waals surface area contributed by atoms with E-state index in [1.165, 1.54) is 5.56 Å². The fourth-order valence-electron chi connectivity index (χ4n) is 4.53. The molecule has 1 unspecified atom stereocenters. The molecule has 168 valence electrons. The van der Waals surface area contributed by atoms with Gasteiger partial charge in [-0.05, 0) is 54.0 Å². The van der Waals surface area contributed by atoms with Crippen molar-refractivity contribution in [3.8, 4) is 17.0 Å². The number of benzene rings is 2. The van der Waals surface area contributed by atoms with Crippen LogP contribution in [0.3, 0.4) is 0 Å². The summed E-state index contributed by atoms with van der Waals surface area (Å²) < 4.78 is 0. The van der Waals surface area contributed by atoms with Crippen molar-refractivity contribution in [2.45, 2.75) is 52.5 Å². The second-order valence-electron chi connectivity index (χ2n) is 9.69. The highest BCUT2D eigenvalue weighted by Crippen LogP contribution is 2.45. The first kappa shape index (κ1) is 22.1. The Labute approximate surface area is 188 Å². The Morgan fingerprint density at radius 2 is 1.81 bits per heavy atom.